The van der Waals surface area contributed by atoms with Gasteiger partial charge in [-0.05, 0) is 30.2 Å². The van der Waals surface area contributed by atoms with E-state index in [1.165, 1.54) is 0 Å². The van der Waals surface area contributed by atoms with Gasteiger partial charge in [0.25, 0.3) is 0 Å². The number of fused-ring (bicyclic) bond motifs is 1. The lowest BCUT2D eigenvalue weighted by Crippen LogP contribution is -2.10. The van der Waals surface area contributed by atoms with Gasteiger partial charge in [-0.1, -0.05) is 18.5 Å². The first-order chi connectivity index (χ1) is 6.22. The van der Waals surface area contributed by atoms with Gasteiger partial charge in [0.2, 0.25) is 5.91 Å². The van der Waals surface area contributed by atoms with E-state index in [0.717, 1.165) is 17.7 Å². The monoisotopic (exact) mass is 195 g/mol. The Kier molecular flexibility index (Phi) is 2.00. The Morgan fingerprint density at radius 3 is 3.00 bits per heavy atom. The second-order valence-electron chi connectivity index (χ2n) is 3.18. The molecule has 1 aromatic carbocycles. The first-order valence-electron chi connectivity index (χ1n) is 4.32. The summed E-state index contributed by atoms with van der Waals surface area (Å²) in [5.74, 6) is 0.0634. The summed E-state index contributed by atoms with van der Waals surface area (Å²) in [7, 11) is 0. The molecule has 13 heavy (non-hydrogen) atoms. The van der Waals surface area contributed by atoms with Crippen LogP contribution in [-0.2, 0) is 4.79 Å². The van der Waals surface area contributed by atoms with Crippen LogP contribution in [0.4, 0.5) is 5.69 Å². The van der Waals surface area contributed by atoms with Gasteiger partial charge in [-0.3, -0.25) is 4.79 Å². The summed E-state index contributed by atoms with van der Waals surface area (Å²) in [5.41, 5.74) is 1.93. The van der Waals surface area contributed by atoms with Crippen molar-refractivity contribution in [3.05, 3.63) is 28.8 Å². The summed E-state index contributed by atoms with van der Waals surface area (Å²) in [6, 6.07) is 5.51. The van der Waals surface area contributed by atoms with Gasteiger partial charge in [0, 0.05) is 10.7 Å². The molecule has 2 rings (SSSR count). The second kappa shape index (κ2) is 3.04. The maximum absolute atomic E-state index is 11.4. The molecular formula is C10H10ClNO. The molecule has 68 valence electrons. The van der Waals surface area contributed by atoms with Crippen LogP contribution in [0.1, 0.15) is 24.8 Å². The number of carbonyl (C=O) groups is 1. The highest BCUT2D eigenvalue weighted by Gasteiger charge is 2.28. The highest BCUT2D eigenvalue weighted by molar-refractivity contribution is 6.31. The Bertz CT molecular complexity index is 362. The van der Waals surface area contributed by atoms with Crippen molar-refractivity contribution < 1.29 is 4.79 Å². The van der Waals surface area contributed by atoms with E-state index in [2.05, 4.69) is 5.32 Å². The first-order valence-corrected chi connectivity index (χ1v) is 4.70. The normalized spacial score (nSPS) is 19.8. The molecule has 0 aromatic heterocycles. The zero-order chi connectivity index (χ0) is 9.42. The maximum Gasteiger partial charge on any atom is 0.231 e. The van der Waals surface area contributed by atoms with Crippen LogP contribution in [0, 0.1) is 0 Å². The molecule has 0 fully saturated rings. The summed E-state index contributed by atoms with van der Waals surface area (Å²) in [6.07, 6.45) is 0.819. The van der Waals surface area contributed by atoms with Crippen molar-refractivity contribution >= 4 is 23.2 Å². The molecule has 1 heterocycles. The molecule has 1 amide bonds. The summed E-state index contributed by atoms with van der Waals surface area (Å²) in [5, 5.41) is 3.52. The second-order valence-corrected chi connectivity index (χ2v) is 3.62. The number of benzene rings is 1. The number of nitrogens with one attached hydrogen (secondary N) is 1. The van der Waals surface area contributed by atoms with Crippen LogP contribution in [0.15, 0.2) is 18.2 Å². The summed E-state index contributed by atoms with van der Waals surface area (Å²) < 4.78 is 0. The van der Waals surface area contributed by atoms with Crippen molar-refractivity contribution in [1.82, 2.24) is 0 Å². The quantitative estimate of drug-likeness (QED) is 0.734. The predicted octanol–water partition coefficient (Wildman–Crippen LogP) is 2.79. The van der Waals surface area contributed by atoms with E-state index < -0.39 is 0 Å². The molecule has 1 aromatic rings. The molecule has 2 nitrogen and oxygen atoms in total. The van der Waals surface area contributed by atoms with Gasteiger partial charge < -0.3 is 5.32 Å². The molecule has 1 unspecified atom stereocenters. The third kappa shape index (κ3) is 1.31. The number of hydrogen-bond acceptors (Lipinski definition) is 1. The van der Waals surface area contributed by atoms with Gasteiger partial charge in [-0.15, -0.1) is 0 Å². The van der Waals surface area contributed by atoms with Crippen LogP contribution in [-0.4, -0.2) is 5.91 Å². The lowest BCUT2D eigenvalue weighted by molar-refractivity contribution is -0.117. The fourth-order valence-corrected chi connectivity index (χ4v) is 1.88. The van der Waals surface area contributed by atoms with E-state index in [4.69, 9.17) is 11.6 Å². The number of carbonyl (C=O) groups excluding carboxylic acids is 1. The van der Waals surface area contributed by atoms with Gasteiger partial charge in [0.1, 0.15) is 0 Å². The number of halogens is 1. The predicted molar refractivity (Wildman–Crippen MR) is 53.1 cm³/mol. The Balaban J connectivity index is 2.50. The summed E-state index contributed by atoms with van der Waals surface area (Å²) in [6.45, 7) is 2.00. The van der Waals surface area contributed by atoms with Crippen molar-refractivity contribution in [2.45, 2.75) is 19.3 Å². The van der Waals surface area contributed by atoms with Crippen LogP contribution in [0.3, 0.4) is 0 Å². The van der Waals surface area contributed by atoms with Gasteiger partial charge >= 0.3 is 0 Å². The summed E-state index contributed by atoms with van der Waals surface area (Å²) >= 11 is 5.85. The fourth-order valence-electron chi connectivity index (χ4n) is 1.70. The summed E-state index contributed by atoms with van der Waals surface area (Å²) in [4.78, 5) is 11.4. The molecule has 0 spiro atoms. The Morgan fingerprint density at radius 2 is 2.31 bits per heavy atom. The minimum Gasteiger partial charge on any atom is -0.325 e. The van der Waals surface area contributed by atoms with Crippen LogP contribution in [0.2, 0.25) is 5.02 Å². The van der Waals surface area contributed by atoms with Gasteiger partial charge in [-0.25, -0.2) is 0 Å². The van der Waals surface area contributed by atoms with Crippen molar-refractivity contribution in [2.75, 3.05) is 5.32 Å². The van der Waals surface area contributed by atoms with Crippen LogP contribution >= 0.6 is 11.6 Å². The molecule has 1 N–H and O–H groups in total. The highest BCUT2D eigenvalue weighted by atomic mass is 35.5. The highest BCUT2D eigenvalue weighted by Crippen LogP contribution is 2.35. The van der Waals surface area contributed by atoms with Gasteiger partial charge in [0.15, 0.2) is 0 Å². The molecule has 0 bridgehead atoms. The molecular weight excluding hydrogens is 186 g/mol. The molecule has 0 saturated heterocycles. The van der Waals surface area contributed by atoms with E-state index >= 15 is 0 Å². The average Bonchev–Trinajstić information content (AvgIpc) is 2.40. The Morgan fingerprint density at radius 1 is 1.54 bits per heavy atom. The van der Waals surface area contributed by atoms with Crippen molar-refractivity contribution in [3.8, 4) is 0 Å². The standard InChI is InChI=1S/C10H10ClNO/c1-2-7-8-5-6(11)3-4-9(8)12-10(7)13/h3-5,7H,2H2,1H3,(H,12,13). The van der Waals surface area contributed by atoms with Crippen molar-refractivity contribution in [2.24, 2.45) is 0 Å². The third-order valence-electron chi connectivity index (χ3n) is 2.37. The minimum atomic E-state index is -0.0197. The van der Waals surface area contributed by atoms with E-state index in [1.807, 2.05) is 19.1 Å². The van der Waals surface area contributed by atoms with Crippen LogP contribution in [0.25, 0.3) is 0 Å². The van der Waals surface area contributed by atoms with Crippen LogP contribution < -0.4 is 5.32 Å². The lowest BCUT2D eigenvalue weighted by Gasteiger charge is -2.03. The largest absolute Gasteiger partial charge is 0.325 e. The first kappa shape index (κ1) is 8.57. The zero-order valence-electron chi connectivity index (χ0n) is 7.30. The van der Waals surface area contributed by atoms with E-state index in [0.29, 0.717) is 5.02 Å². The van der Waals surface area contributed by atoms with E-state index in [1.54, 1.807) is 6.07 Å². The zero-order valence-corrected chi connectivity index (χ0v) is 8.06. The Labute approximate surface area is 81.9 Å². The SMILES string of the molecule is CCC1C(=O)Nc2ccc(Cl)cc21. The van der Waals surface area contributed by atoms with E-state index in [9.17, 15) is 4.79 Å². The topological polar surface area (TPSA) is 29.1 Å². The number of rotatable bonds is 1. The lowest BCUT2D eigenvalue weighted by atomic mass is 9.98. The molecule has 0 radical (unpaired) electrons. The number of hydrogen-bond donors (Lipinski definition) is 1. The van der Waals surface area contributed by atoms with E-state index in [-0.39, 0.29) is 11.8 Å². The van der Waals surface area contributed by atoms with Crippen molar-refractivity contribution in [3.63, 3.8) is 0 Å². The third-order valence-corrected chi connectivity index (χ3v) is 2.61. The smallest absolute Gasteiger partial charge is 0.231 e. The molecule has 1 aliphatic heterocycles. The average molecular weight is 196 g/mol. The number of amides is 1. The number of anilines is 1. The molecule has 3 heteroatoms. The maximum atomic E-state index is 11.4. The Hall–Kier alpha value is -1.02. The minimum absolute atomic E-state index is 0.0197. The molecule has 0 saturated carbocycles. The van der Waals surface area contributed by atoms with Crippen molar-refractivity contribution in [1.29, 1.82) is 0 Å². The van der Waals surface area contributed by atoms with Crippen LogP contribution in [0.5, 0.6) is 0 Å². The molecule has 1 atom stereocenters. The molecule has 1 aliphatic rings. The molecule has 0 aliphatic carbocycles. The fraction of sp³-hybridized carbons (Fsp3) is 0.300. The van der Waals surface area contributed by atoms with Gasteiger partial charge in [-0.2, -0.15) is 0 Å². The van der Waals surface area contributed by atoms with Gasteiger partial charge in [0.05, 0.1) is 5.92 Å².